The lowest BCUT2D eigenvalue weighted by molar-refractivity contribution is 0.178. The summed E-state index contributed by atoms with van der Waals surface area (Å²) >= 11 is 0. The van der Waals surface area contributed by atoms with Crippen LogP contribution in [-0.4, -0.2) is 23.0 Å². The first-order valence-corrected chi connectivity index (χ1v) is 6.50. The van der Waals surface area contributed by atoms with E-state index in [9.17, 15) is 4.79 Å². The van der Waals surface area contributed by atoms with Gasteiger partial charge in [-0.1, -0.05) is 18.2 Å². The molecule has 2 amide bonds. The van der Waals surface area contributed by atoms with E-state index in [0.717, 1.165) is 16.8 Å². The molecule has 0 heterocycles. The molecule has 3 heteroatoms. The van der Waals surface area contributed by atoms with Gasteiger partial charge >= 0.3 is 6.03 Å². The minimum absolute atomic E-state index is 0.0302. The van der Waals surface area contributed by atoms with Crippen LogP contribution in [0.15, 0.2) is 18.2 Å². The van der Waals surface area contributed by atoms with Gasteiger partial charge in [-0.15, -0.1) is 0 Å². The molecular formula is C15H24N2O. The van der Waals surface area contributed by atoms with Gasteiger partial charge in [-0.2, -0.15) is 0 Å². The first kappa shape index (κ1) is 14.6. The summed E-state index contributed by atoms with van der Waals surface area (Å²) in [5.74, 6) is 0. The maximum absolute atomic E-state index is 12.3. The number of anilines is 1. The predicted molar refractivity (Wildman–Crippen MR) is 77.0 cm³/mol. The molecule has 1 rings (SSSR count). The molecule has 0 bridgehead atoms. The van der Waals surface area contributed by atoms with Gasteiger partial charge < -0.3 is 10.2 Å². The van der Waals surface area contributed by atoms with E-state index in [1.807, 2.05) is 64.6 Å². The molecule has 3 nitrogen and oxygen atoms in total. The van der Waals surface area contributed by atoms with E-state index < -0.39 is 0 Å². The number of carbonyl (C=O) groups excluding carboxylic acids is 1. The zero-order valence-corrected chi connectivity index (χ0v) is 12.2. The van der Waals surface area contributed by atoms with E-state index in [1.165, 1.54) is 0 Å². The third-order valence-corrected chi connectivity index (χ3v) is 3.06. The van der Waals surface area contributed by atoms with Crippen LogP contribution in [0.4, 0.5) is 10.5 Å². The Balaban J connectivity index is 2.93. The molecule has 1 aromatic rings. The fourth-order valence-corrected chi connectivity index (χ4v) is 2.25. The van der Waals surface area contributed by atoms with Crippen LogP contribution in [0.1, 0.15) is 38.8 Å². The number of benzene rings is 1. The highest BCUT2D eigenvalue weighted by atomic mass is 16.2. The zero-order chi connectivity index (χ0) is 13.9. The Morgan fingerprint density at radius 2 is 1.50 bits per heavy atom. The van der Waals surface area contributed by atoms with Crippen LogP contribution in [-0.2, 0) is 0 Å². The molecule has 18 heavy (non-hydrogen) atoms. The SMILES string of the molecule is Cc1cccc(C)c1NC(=O)N(C(C)C)C(C)C. The molecule has 0 aliphatic heterocycles. The van der Waals surface area contributed by atoms with E-state index >= 15 is 0 Å². The molecule has 0 saturated heterocycles. The summed E-state index contributed by atoms with van der Waals surface area (Å²) in [5.41, 5.74) is 3.11. The van der Waals surface area contributed by atoms with Crippen molar-refractivity contribution in [2.45, 2.75) is 53.6 Å². The zero-order valence-electron chi connectivity index (χ0n) is 12.2. The number of nitrogens with one attached hydrogen (secondary N) is 1. The lowest BCUT2D eigenvalue weighted by atomic mass is 10.1. The van der Waals surface area contributed by atoms with Crippen LogP contribution in [0, 0.1) is 13.8 Å². The van der Waals surface area contributed by atoms with Gasteiger partial charge in [-0.3, -0.25) is 0 Å². The van der Waals surface area contributed by atoms with Crippen molar-refractivity contribution in [1.82, 2.24) is 4.90 Å². The number of amides is 2. The first-order valence-electron chi connectivity index (χ1n) is 6.50. The highest BCUT2D eigenvalue weighted by Gasteiger charge is 2.20. The van der Waals surface area contributed by atoms with Gasteiger partial charge in [0.15, 0.2) is 0 Å². The molecule has 100 valence electrons. The van der Waals surface area contributed by atoms with Crippen LogP contribution < -0.4 is 5.32 Å². The summed E-state index contributed by atoms with van der Waals surface area (Å²) in [4.78, 5) is 14.2. The van der Waals surface area contributed by atoms with Crippen molar-refractivity contribution in [3.63, 3.8) is 0 Å². The quantitative estimate of drug-likeness (QED) is 0.863. The molecule has 0 atom stereocenters. The number of nitrogens with zero attached hydrogens (tertiary/aromatic N) is 1. The Labute approximate surface area is 110 Å². The summed E-state index contributed by atoms with van der Waals surface area (Å²) < 4.78 is 0. The number of hydrogen-bond acceptors (Lipinski definition) is 1. The Morgan fingerprint density at radius 3 is 1.89 bits per heavy atom. The molecular weight excluding hydrogens is 224 g/mol. The van der Waals surface area contributed by atoms with E-state index in [1.54, 1.807) is 0 Å². The van der Waals surface area contributed by atoms with Crippen molar-refractivity contribution in [3.8, 4) is 0 Å². The predicted octanol–water partition coefficient (Wildman–Crippen LogP) is 3.95. The standard InChI is InChI=1S/C15H24N2O/c1-10(2)17(11(3)4)15(18)16-14-12(5)8-7-9-13(14)6/h7-11H,1-6H3,(H,16,18). The molecule has 0 spiro atoms. The molecule has 1 aromatic carbocycles. The van der Waals surface area contributed by atoms with E-state index in [0.29, 0.717) is 0 Å². The Hall–Kier alpha value is -1.51. The third kappa shape index (κ3) is 3.25. The third-order valence-electron chi connectivity index (χ3n) is 3.06. The maximum Gasteiger partial charge on any atom is 0.322 e. The lowest BCUT2D eigenvalue weighted by Gasteiger charge is -2.31. The first-order chi connectivity index (χ1) is 8.34. The number of carbonyl (C=O) groups is 1. The van der Waals surface area contributed by atoms with Gasteiger partial charge in [0.05, 0.1) is 0 Å². The second-order valence-corrected chi connectivity index (χ2v) is 5.29. The number of urea groups is 1. The fraction of sp³-hybridized carbons (Fsp3) is 0.533. The Bertz CT molecular complexity index is 396. The van der Waals surface area contributed by atoms with Crippen LogP contribution in [0.25, 0.3) is 0 Å². The number of aryl methyl sites for hydroxylation is 2. The minimum atomic E-state index is -0.0302. The van der Waals surface area contributed by atoms with Gasteiger partial charge in [-0.25, -0.2) is 4.79 Å². The Morgan fingerprint density at radius 1 is 1.06 bits per heavy atom. The normalized spacial score (nSPS) is 10.9. The van der Waals surface area contributed by atoms with Gasteiger partial charge in [0.1, 0.15) is 0 Å². The van der Waals surface area contributed by atoms with E-state index in [4.69, 9.17) is 0 Å². The number of rotatable bonds is 3. The highest BCUT2D eigenvalue weighted by molar-refractivity contribution is 5.91. The monoisotopic (exact) mass is 248 g/mol. The molecule has 0 saturated carbocycles. The average molecular weight is 248 g/mol. The topological polar surface area (TPSA) is 32.3 Å². The summed E-state index contributed by atoms with van der Waals surface area (Å²) in [6, 6.07) is 6.37. The van der Waals surface area contributed by atoms with Crippen molar-refractivity contribution >= 4 is 11.7 Å². The summed E-state index contributed by atoms with van der Waals surface area (Å²) in [6.45, 7) is 12.2. The maximum atomic E-state index is 12.3. The van der Waals surface area contributed by atoms with E-state index in [2.05, 4.69) is 5.32 Å². The van der Waals surface area contributed by atoms with Crippen LogP contribution >= 0.6 is 0 Å². The number of hydrogen-bond donors (Lipinski definition) is 1. The van der Waals surface area contributed by atoms with Crippen molar-refractivity contribution in [2.75, 3.05) is 5.32 Å². The van der Waals surface area contributed by atoms with Crippen LogP contribution in [0.3, 0.4) is 0 Å². The van der Waals surface area contributed by atoms with Gasteiger partial charge in [-0.05, 0) is 52.7 Å². The average Bonchev–Trinajstić information content (AvgIpc) is 2.22. The minimum Gasteiger partial charge on any atom is -0.320 e. The summed E-state index contributed by atoms with van der Waals surface area (Å²) in [7, 11) is 0. The second kappa shape index (κ2) is 5.89. The molecule has 0 aliphatic carbocycles. The molecule has 0 aliphatic rings. The van der Waals surface area contributed by atoms with Crippen molar-refractivity contribution in [2.24, 2.45) is 0 Å². The smallest absolute Gasteiger partial charge is 0.320 e. The van der Waals surface area contributed by atoms with E-state index in [-0.39, 0.29) is 18.1 Å². The highest BCUT2D eigenvalue weighted by Crippen LogP contribution is 2.20. The lowest BCUT2D eigenvalue weighted by Crippen LogP contribution is -2.44. The van der Waals surface area contributed by atoms with Crippen molar-refractivity contribution < 1.29 is 4.79 Å². The van der Waals surface area contributed by atoms with Gasteiger partial charge in [0.25, 0.3) is 0 Å². The summed E-state index contributed by atoms with van der Waals surface area (Å²) in [5, 5.41) is 3.03. The van der Waals surface area contributed by atoms with Crippen LogP contribution in [0.5, 0.6) is 0 Å². The fourth-order valence-electron chi connectivity index (χ4n) is 2.25. The molecule has 0 aromatic heterocycles. The van der Waals surface area contributed by atoms with Gasteiger partial charge in [0, 0.05) is 17.8 Å². The van der Waals surface area contributed by atoms with Crippen molar-refractivity contribution in [1.29, 1.82) is 0 Å². The van der Waals surface area contributed by atoms with Crippen molar-refractivity contribution in [3.05, 3.63) is 29.3 Å². The summed E-state index contributed by atoms with van der Waals surface area (Å²) in [6.07, 6.45) is 0. The number of para-hydroxylation sites is 1. The molecule has 0 fully saturated rings. The van der Waals surface area contributed by atoms with Crippen LogP contribution in [0.2, 0.25) is 0 Å². The second-order valence-electron chi connectivity index (χ2n) is 5.29. The molecule has 1 N–H and O–H groups in total. The largest absolute Gasteiger partial charge is 0.322 e. The Kier molecular flexibility index (Phi) is 4.76. The molecule has 0 unspecified atom stereocenters. The molecule has 0 radical (unpaired) electrons. The van der Waals surface area contributed by atoms with Gasteiger partial charge in [0.2, 0.25) is 0 Å².